The molecule has 0 aliphatic rings. The van der Waals surface area contributed by atoms with Gasteiger partial charge in [0.2, 0.25) is 11.8 Å². The van der Waals surface area contributed by atoms with Crippen molar-refractivity contribution in [3.8, 4) is 11.5 Å². The number of hydrogen-bond donors (Lipinski definition) is 2. The number of amides is 1. The van der Waals surface area contributed by atoms with Gasteiger partial charge >= 0.3 is 0 Å². The second-order valence-electron chi connectivity index (χ2n) is 4.40. The number of oxazole rings is 1. The van der Waals surface area contributed by atoms with Gasteiger partial charge in [-0.2, -0.15) is 0 Å². The van der Waals surface area contributed by atoms with Gasteiger partial charge < -0.3 is 15.1 Å². The third-order valence-electron chi connectivity index (χ3n) is 2.71. The number of aromatic nitrogens is 1. The predicted molar refractivity (Wildman–Crippen MR) is 74.0 cm³/mol. The summed E-state index contributed by atoms with van der Waals surface area (Å²) in [6, 6.07) is 5.73. The zero-order valence-corrected chi connectivity index (χ0v) is 11.3. The molecule has 0 radical (unpaired) electrons. The quantitative estimate of drug-likeness (QED) is 0.882. The molecule has 2 rings (SSSR count). The maximum absolute atomic E-state index is 11.6. The number of nitrogens with zero attached hydrogens (tertiary/aromatic N) is 1. The molecule has 0 bridgehead atoms. The third-order valence-corrected chi connectivity index (χ3v) is 2.71. The summed E-state index contributed by atoms with van der Waals surface area (Å²) >= 11 is 0. The monoisotopic (exact) mass is 259 g/mol. The summed E-state index contributed by atoms with van der Waals surface area (Å²) in [5, 5.41) is 5.67. The van der Waals surface area contributed by atoms with Crippen LogP contribution in [-0.4, -0.2) is 24.5 Å². The van der Waals surface area contributed by atoms with Gasteiger partial charge in [-0.05, 0) is 38.6 Å². The molecular formula is C14H17N3O2. The summed E-state index contributed by atoms with van der Waals surface area (Å²) in [7, 11) is 1.73. The van der Waals surface area contributed by atoms with Crippen LogP contribution >= 0.6 is 0 Å². The standard InChI is InChI=1S/C14H17N3O2/c1-9-4-5-11(14-16-10(2)8-19-14)6-12(9)17-13(18)7-15-3/h4-6,8,15H,7H2,1-3H3,(H,17,18). The van der Waals surface area contributed by atoms with Gasteiger partial charge in [-0.3, -0.25) is 4.79 Å². The molecular weight excluding hydrogens is 242 g/mol. The number of hydrogen-bond acceptors (Lipinski definition) is 4. The Morgan fingerprint density at radius 1 is 1.37 bits per heavy atom. The maximum Gasteiger partial charge on any atom is 0.238 e. The van der Waals surface area contributed by atoms with E-state index in [2.05, 4.69) is 15.6 Å². The first-order chi connectivity index (χ1) is 9.10. The molecule has 0 aliphatic heterocycles. The van der Waals surface area contributed by atoms with E-state index in [9.17, 15) is 4.79 Å². The zero-order chi connectivity index (χ0) is 13.8. The Balaban J connectivity index is 2.27. The van der Waals surface area contributed by atoms with E-state index < -0.39 is 0 Å². The number of rotatable bonds is 4. The molecule has 0 atom stereocenters. The zero-order valence-electron chi connectivity index (χ0n) is 11.3. The van der Waals surface area contributed by atoms with Crippen LogP contribution in [-0.2, 0) is 4.79 Å². The minimum atomic E-state index is -0.0775. The van der Waals surface area contributed by atoms with Crippen molar-refractivity contribution in [2.45, 2.75) is 13.8 Å². The number of benzene rings is 1. The lowest BCUT2D eigenvalue weighted by Crippen LogP contribution is -2.25. The van der Waals surface area contributed by atoms with Gasteiger partial charge in [-0.25, -0.2) is 4.98 Å². The van der Waals surface area contributed by atoms with Crippen LogP contribution in [0.5, 0.6) is 0 Å². The van der Waals surface area contributed by atoms with E-state index in [1.54, 1.807) is 13.3 Å². The van der Waals surface area contributed by atoms with Crippen LogP contribution in [0.1, 0.15) is 11.3 Å². The van der Waals surface area contributed by atoms with Gasteiger partial charge in [-0.15, -0.1) is 0 Å². The number of carbonyl (C=O) groups excluding carboxylic acids is 1. The molecule has 1 heterocycles. The summed E-state index contributed by atoms with van der Waals surface area (Å²) in [6.07, 6.45) is 1.61. The van der Waals surface area contributed by atoms with E-state index >= 15 is 0 Å². The molecule has 1 aromatic heterocycles. The van der Waals surface area contributed by atoms with Crippen LogP contribution in [0.25, 0.3) is 11.5 Å². The second-order valence-corrected chi connectivity index (χ2v) is 4.40. The average molecular weight is 259 g/mol. The molecule has 2 aromatic rings. The van der Waals surface area contributed by atoms with Gasteiger partial charge in [0.25, 0.3) is 0 Å². The van der Waals surface area contributed by atoms with E-state index in [-0.39, 0.29) is 12.5 Å². The molecule has 0 saturated heterocycles. The number of likely N-dealkylation sites (N-methyl/N-ethyl adjacent to an activating group) is 1. The van der Waals surface area contributed by atoms with Gasteiger partial charge in [0.15, 0.2) is 0 Å². The first-order valence-electron chi connectivity index (χ1n) is 6.07. The third kappa shape index (κ3) is 3.20. The van der Waals surface area contributed by atoms with Crippen molar-refractivity contribution < 1.29 is 9.21 Å². The Bertz CT molecular complexity index is 590. The van der Waals surface area contributed by atoms with Crippen molar-refractivity contribution in [2.75, 3.05) is 18.9 Å². The van der Waals surface area contributed by atoms with Crippen molar-refractivity contribution in [3.05, 3.63) is 35.7 Å². The van der Waals surface area contributed by atoms with Gasteiger partial charge in [0.05, 0.1) is 12.2 Å². The summed E-state index contributed by atoms with van der Waals surface area (Å²) in [6.45, 7) is 4.10. The Hall–Kier alpha value is -2.14. The minimum absolute atomic E-state index is 0.0775. The molecule has 1 aromatic carbocycles. The fraction of sp³-hybridized carbons (Fsp3) is 0.286. The van der Waals surface area contributed by atoms with Crippen molar-refractivity contribution >= 4 is 11.6 Å². The van der Waals surface area contributed by atoms with Crippen molar-refractivity contribution in [1.82, 2.24) is 10.3 Å². The Morgan fingerprint density at radius 2 is 2.16 bits per heavy atom. The number of aryl methyl sites for hydroxylation is 2. The van der Waals surface area contributed by atoms with E-state index in [0.717, 1.165) is 22.5 Å². The molecule has 0 aliphatic carbocycles. The van der Waals surface area contributed by atoms with Crippen molar-refractivity contribution in [1.29, 1.82) is 0 Å². The molecule has 1 amide bonds. The maximum atomic E-state index is 11.6. The normalized spacial score (nSPS) is 10.5. The van der Waals surface area contributed by atoms with Crippen LogP contribution < -0.4 is 10.6 Å². The molecule has 100 valence electrons. The SMILES string of the molecule is CNCC(=O)Nc1cc(-c2nc(C)co2)ccc1C. The summed E-state index contributed by atoms with van der Waals surface area (Å²) in [5.74, 6) is 0.480. The lowest BCUT2D eigenvalue weighted by molar-refractivity contribution is -0.115. The number of carbonyl (C=O) groups is 1. The smallest absolute Gasteiger partial charge is 0.238 e. The molecule has 2 N–H and O–H groups in total. The molecule has 0 fully saturated rings. The van der Waals surface area contributed by atoms with Crippen molar-refractivity contribution in [2.24, 2.45) is 0 Å². The van der Waals surface area contributed by atoms with Crippen LogP contribution in [0.15, 0.2) is 28.9 Å². The van der Waals surface area contributed by atoms with Crippen LogP contribution in [0.3, 0.4) is 0 Å². The first-order valence-corrected chi connectivity index (χ1v) is 6.07. The summed E-state index contributed by atoms with van der Waals surface area (Å²) < 4.78 is 5.36. The highest BCUT2D eigenvalue weighted by molar-refractivity contribution is 5.93. The van der Waals surface area contributed by atoms with Crippen molar-refractivity contribution in [3.63, 3.8) is 0 Å². The van der Waals surface area contributed by atoms with Gasteiger partial charge in [0.1, 0.15) is 6.26 Å². The number of nitrogens with one attached hydrogen (secondary N) is 2. The Kier molecular flexibility index (Phi) is 3.97. The molecule has 0 unspecified atom stereocenters. The molecule has 19 heavy (non-hydrogen) atoms. The molecule has 0 spiro atoms. The van der Waals surface area contributed by atoms with Crippen LogP contribution in [0, 0.1) is 13.8 Å². The Morgan fingerprint density at radius 3 is 2.79 bits per heavy atom. The summed E-state index contributed by atoms with van der Waals surface area (Å²) in [4.78, 5) is 15.9. The van der Waals surface area contributed by atoms with Crippen LogP contribution in [0.4, 0.5) is 5.69 Å². The first kappa shape index (κ1) is 13.3. The fourth-order valence-corrected chi connectivity index (χ4v) is 1.73. The van der Waals surface area contributed by atoms with E-state index in [0.29, 0.717) is 5.89 Å². The highest BCUT2D eigenvalue weighted by atomic mass is 16.3. The van der Waals surface area contributed by atoms with E-state index in [1.165, 1.54) is 0 Å². The highest BCUT2D eigenvalue weighted by Crippen LogP contribution is 2.24. The lowest BCUT2D eigenvalue weighted by Gasteiger charge is -2.09. The van der Waals surface area contributed by atoms with E-state index in [4.69, 9.17) is 4.42 Å². The molecule has 0 saturated carbocycles. The average Bonchev–Trinajstić information content (AvgIpc) is 2.79. The topological polar surface area (TPSA) is 67.2 Å². The van der Waals surface area contributed by atoms with Gasteiger partial charge in [0, 0.05) is 11.3 Å². The lowest BCUT2D eigenvalue weighted by atomic mass is 10.1. The van der Waals surface area contributed by atoms with Gasteiger partial charge in [-0.1, -0.05) is 6.07 Å². The predicted octanol–water partition coefficient (Wildman–Crippen LogP) is 2.12. The summed E-state index contributed by atoms with van der Waals surface area (Å²) in [5.41, 5.74) is 3.44. The molecule has 5 heteroatoms. The highest BCUT2D eigenvalue weighted by Gasteiger charge is 2.09. The fourth-order valence-electron chi connectivity index (χ4n) is 1.73. The molecule has 5 nitrogen and oxygen atoms in total. The van der Waals surface area contributed by atoms with Crippen LogP contribution in [0.2, 0.25) is 0 Å². The van der Waals surface area contributed by atoms with E-state index in [1.807, 2.05) is 32.0 Å². The second kappa shape index (κ2) is 5.67. The minimum Gasteiger partial charge on any atom is -0.444 e. The number of anilines is 1. The largest absolute Gasteiger partial charge is 0.444 e. The Labute approximate surface area is 112 Å².